The van der Waals surface area contributed by atoms with Gasteiger partial charge in [-0.3, -0.25) is 0 Å². The van der Waals surface area contributed by atoms with Crippen LogP contribution in [0.2, 0.25) is 0 Å². The minimum atomic E-state index is -0.122. The lowest BCUT2D eigenvalue weighted by molar-refractivity contribution is -0.135. The van der Waals surface area contributed by atoms with E-state index in [0.29, 0.717) is 13.0 Å². The minimum absolute atomic E-state index is 0.0868. The zero-order valence-electron chi connectivity index (χ0n) is 12.3. The molecule has 1 N–H and O–H groups in total. The molecule has 0 spiro atoms. The molecule has 0 aliphatic carbocycles. The van der Waals surface area contributed by atoms with E-state index >= 15 is 0 Å². The van der Waals surface area contributed by atoms with Crippen molar-refractivity contribution in [3.8, 4) is 6.07 Å². The van der Waals surface area contributed by atoms with Crippen molar-refractivity contribution >= 4 is 0 Å². The molecule has 1 fully saturated rings. The van der Waals surface area contributed by atoms with Crippen LogP contribution < -0.4 is 0 Å². The summed E-state index contributed by atoms with van der Waals surface area (Å²) in [5, 5.41) is 17.4. The number of hydrogen-bond donors (Lipinski definition) is 1. The van der Waals surface area contributed by atoms with Gasteiger partial charge in [0, 0.05) is 39.3 Å². The number of aliphatic hydroxyl groups is 1. The SMILES string of the molecule is N#CCCC(CCC1OCCCCO1)OCCCCO. The van der Waals surface area contributed by atoms with E-state index in [0.717, 1.165) is 58.2 Å². The summed E-state index contributed by atoms with van der Waals surface area (Å²) in [5.74, 6) is 0. The molecule has 5 heteroatoms. The van der Waals surface area contributed by atoms with Crippen LogP contribution in [0.1, 0.15) is 51.4 Å². The van der Waals surface area contributed by atoms with E-state index in [4.69, 9.17) is 24.6 Å². The average molecular weight is 285 g/mol. The Balaban J connectivity index is 2.21. The van der Waals surface area contributed by atoms with Gasteiger partial charge in [0.1, 0.15) is 0 Å². The largest absolute Gasteiger partial charge is 0.396 e. The van der Waals surface area contributed by atoms with Crippen molar-refractivity contribution in [2.45, 2.75) is 63.8 Å². The normalized spacial score (nSPS) is 18.4. The lowest BCUT2D eigenvalue weighted by Crippen LogP contribution is -2.21. The monoisotopic (exact) mass is 285 g/mol. The second-order valence-electron chi connectivity index (χ2n) is 5.08. The van der Waals surface area contributed by atoms with Crippen molar-refractivity contribution in [2.75, 3.05) is 26.4 Å². The first-order valence-electron chi connectivity index (χ1n) is 7.69. The van der Waals surface area contributed by atoms with Crippen LogP contribution >= 0.6 is 0 Å². The van der Waals surface area contributed by atoms with Gasteiger partial charge in [-0.05, 0) is 38.5 Å². The van der Waals surface area contributed by atoms with Gasteiger partial charge in [-0.25, -0.2) is 0 Å². The smallest absolute Gasteiger partial charge is 0.157 e. The fraction of sp³-hybridized carbons (Fsp3) is 0.933. The molecule has 1 unspecified atom stereocenters. The first-order chi connectivity index (χ1) is 9.86. The zero-order valence-corrected chi connectivity index (χ0v) is 12.3. The Morgan fingerprint density at radius 3 is 2.60 bits per heavy atom. The summed E-state index contributed by atoms with van der Waals surface area (Å²) < 4.78 is 17.0. The molecule has 0 radical (unpaired) electrons. The van der Waals surface area contributed by atoms with Crippen LogP contribution in [0.3, 0.4) is 0 Å². The predicted molar refractivity (Wildman–Crippen MR) is 75.1 cm³/mol. The highest BCUT2D eigenvalue weighted by atomic mass is 16.7. The fourth-order valence-electron chi connectivity index (χ4n) is 2.17. The third kappa shape index (κ3) is 8.49. The number of ether oxygens (including phenoxy) is 3. The summed E-state index contributed by atoms with van der Waals surface area (Å²) in [4.78, 5) is 0. The summed E-state index contributed by atoms with van der Waals surface area (Å²) >= 11 is 0. The lowest BCUT2D eigenvalue weighted by atomic mass is 10.1. The van der Waals surface area contributed by atoms with Gasteiger partial charge in [0.25, 0.3) is 0 Å². The molecule has 1 aliphatic rings. The van der Waals surface area contributed by atoms with E-state index < -0.39 is 0 Å². The first kappa shape index (κ1) is 17.4. The van der Waals surface area contributed by atoms with Crippen LogP contribution in [0.5, 0.6) is 0 Å². The zero-order chi connectivity index (χ0) is 14.5. The van der Waals surface area contributed by atoms with Crippen LogP contribution in [0.15, 0.2) is 0 Å². The van der Waals surface area contributed by atoms with E-state index in [1.165, 1.54) is 0 Å². The Labute approximate surface area is 121 Å². The number of nitrogens with zero attached hydrogens (tertiary/aromatic N) is 1. The molecule has 5 nitrogen and oxygen atoms in total. The second-order valence-corrected chi connectivity index (χ2v) is 5.08. The van der Waals surface area contributed by atoms with Gasteiger partial charge in [-0.1, -0.05) is 0 Å². The molecule has 0 aromatic rings. The summed E-state index contributed by atoms with van der Waals surface area (Å²) in [6.07, 6.45) is 6.64. The standard InChI is InChI=1S/C15H27NO4/c16-9-5-6-14(18-11-2-1-10-17)7-8-15-19-12-3-4-13-20-15/h14-15,17H,1-8,10-13H2. The maximum absolute atomic E-state index is 8.74. The van der Waals surface area contributed by atoms with Crippen molar-refractivity contribution in [1.82, 2.24) is 0 Å². The molecule has 1 atom stereocenters. The molecule has 0 aromatic heterocycles. The van der Waals surface area contributed by atoms with Crippen LogP contribution in [-0.2, 0) is 14.2 Å². The van der Waals surface area contributed by atoms with Gasteiger partial charge < -0.3 is 19.3 Å². The quantitative estimate of drug-likeness (QED) is 0.624. The summed E-state index contributed by atoms with van der Waals surface area (Å²) in [6.45, 7) is 2.38. The molecule has 116 valence electrons. The van der Waals surface area contributed by atoms with Gasteiger partial charge in [0.2, 0.25) is 0 Å². The number of hydrogen-bond acceptors (Lipinski definition) is 5. The van der Waals surface area contributed by atoms with E-state index in [-0.39, 0.29) is 19.0 Å². The van der Waals surface area contributed by atoms with Crippen LogP contribution in [0.4, 0.5) is 0 Å². The molecule has 0 amide bonds. The van der Waals surface area contributed by atoms with Gasteiger partial charge in [-0.2, -0.15) is 5.26 Å². The topological polar surface area (TPSA) is 71.7 Å². The number of unbranched alkanes of at least 4 members (excludes halogenated alkanes) is 1. The Kier molecular flexibility index (Phi) is 10.5. The highest BCUT2D eigenvalue weighted by molar-refractivity contribution is 4.73. The molecule has 1 aliphatic heterocycles. The third-order valence-corrected chi connectivity index (χ3v) is 3.35. The van der Waals surface area contributed by atoms with Crippen molar-refractivity contribution < 1.29 is 19.3 Å². The maximum atomic E-state index is 8.74. The maximum Gasteiger partial charge on any atom is 0.157 e. The predicted octanol–water partition coefficient (Wildman–Crippen LogP) is 2.38. The van der Waals surface area contributed by atoms with E-state index in [1.807, 2.05) is 0 Å². The van der Waals surface area contributed by atoms with Gasteiger partial charge in [-0.15, -0.1) is 0 Å². The number of nitriles is 1. The van der Waals surface area contributed by atoms with Crippen LogP contribution in [0.25, 0.3) is 0 Å². The second kappa shape index (κ2) is 12.1. The third-order valence-electron chi connectivity index (χ3n) is 3.35. The highest BCUT2D eigenvalue weighted by Crippen LogP contribution is 2.16. The van der Waals surface area contributed by atoms with E-state index in [1.54, 1.807) is 0 Å². The molecular formula is C15H27NO4. The molecule has 1 rings (SSSR count). The molecule has 20 heavy (non-hydrogen) atoms. The Hall–Kier alpha value is -0.670. The van der Waals surface area contributed by atoms with Crippen molar-refractivity contribution in [1.29, 1.82) is 5.26 Å². The fourth-order valence-corrected chi connectivity index (χ4v) is 2.17. The molecule has 1 heterocycles. The first-order valence-corrected chi connectivity index (χ1v) is 7.69. The Bertz CT molecular complexity index is 259. The van der Waals surface area contributed by atoms with Gasteiger partial charge >= 0.3 is 0 Å². The van der Waals surface area contributed by atoms with Crippen molar-refractivity contribution in [3.05, 3.63) is 0 Å². The number of aliphatic hydroxyl groups excluding tert-OH is 1. The highest BCUT2D eigenvalue weighted by Gasteiger charge is 2.16. The van der Waals surface area contributed by atoms with Gasteiger partial charge in [0.05, 0.1) is 12.2 Å². The minimum Gasteiger partial charge on any atom is -0.396 e. The van der Waals surface area contributed by atoms with E-state index in [2.05, 4.69) is 6.07 Å². The van der Waals surface area contributed by atoms with Crippen molar-refractivity contribution in [2.24, 2.45) is 0 Å². The lowest BCUT2D eigenvalue weighted by Gasteiger charge is -2.20. The average Bonchev–Trinajstić information content (AvgIpc) is 2.74. The Morgan fingerprint density at radius 1 is 1.20 bits per heavy atom. The number of rotatable bonds is 10. The summed E-state index contributed by atoms with van der Waals surface area (Å²) in [7, 11) is 0. The summed E-state index contributed by atoms with van der Waals surface area (Å²) in [5.41, 5.74) is 0. The van der Waals surface area contributed by atoms with Crippen molar-refractivity contribution in [3.63, 3.8) is 0 Å². The molecule has 0 bridgehead atoms. The molecule has 0 saturated carbocycles. The molecule has 1 saturated heterocycles. The van der Waals surface area contributed by atoms with E-state index in [9.17, 15) is 0 Å². The van der Waals surface area contributed by atoms with Gasteiger partial charge in [0.15, 0.2) is 6.29 Å². The molecule has 0 aromatic carbocycles. The molecular weight excluding hydrogens is 258 g/mol. The Morgan fingerprint density at radius 2 is 1.95 bits per heavy atom. The van der Waals surface area contributed by atoms with Crippen LogP contribution in [0, 0.1) is 11.3 Å². The van der Waals surface area contributed by atoms with Crippen LogP contribution in [-0.4, -0.2) is 43.9 Å². The summed E-state index contributed by atoms with van der Waals surface area (Å²) in [6, 6.07) is 2.17.